The van der Waals surface area contributed by atoms with E-state index in [2.05, 4.69) is 4.84 Å². The number of hydrogen-bond acceptors (Lipinski definition) is 6. The van der Waals surface area contributed by atoms with Crippen LogP contribution in [0.25, 0.3) is 0 Å². The van der Waals surface area contributed by atoms with E-state index >= 15 is 0 Å². The van der Waals surface area contributed by atoms with Crippen LogP contribution in [0, 0.1) is 10.1 Å². The summed E-state index contributed by atoms with van der Waals surface area (Å²) < 4.78 is 29.3. The molecule has 0 saturated heterocycles. The fourth-order valence-electron chi connectivity index (χ4n) is 0.214. The zero-order chi connectivity index (χ0) is 8.20. The molecule has 0 spiro atoms. The van der Waals surface area contributed by atoms with Crippen molar-refractivity contribution in [1.82, 2.24) is 0 Å². The van der Waals surface area contributed by atoms with Crippen molar-refractivity contribution < 1.29 is 52.5 Å². The smallest absolute Gasteiger partial charge is 0.748 e. The van der Waals surface area contributed by atoms with E-state index < -0.39 is 27.6 Å². The monoisotopic (exact) mass is 193 g/mol. The van der Waals surface area contributed by atoms with Crippen LogP contribution in [0.2, 0.25) is 0 Å². The second kappa shape index (κ2) is 5.72. The Bertz CT molecular complexity index is 211. The SMILES string of the molecule is O=[N+]([O-])OCCS(=O)(=O)[O-].[Na+]. The molecule has 0 N–H and O–H groups in total. The number of nitrogens with zero attached hydrogens (tertiary/aromatic N) is 1. The van der Waals surface area contributed by atoms with E-state index in [1.54, 1.807) is 0 Å². The number of rotatable bonds is 4. The van der Waals surface area contributed by atoms with Gasteiger partial charge in [0.2, 0.25) is 0 Å². The van der Waals surface area contributed by atoms with Crippen LogP contribution >= 0.6 is 0 Å². The predicted octanol–water partition coefficient (Wildman–Crippen LogP) is -4.26. The summed E-state index contributed by atoms with van der Waals surface area (Å²) in [5, 5.41) is 8.21. The van der Waals surface area contributed by atoms with Crippen LogP contribution in [0.4, 0.5) is 0 Å². The normalized spacial score (nSPS) is 9.91. The molecule has 0 amide bonds. The molecule has 60 valence electrons. The standard InChI is InChI=1S/C2H5NO6S.Na/c4-3(5)9-1-2-10(6,7)8;/h1-2H2,(H,6,7,8);/q;+1/p-1. The molecular formula is C2H4NNaO6S. The van der Waals surface area contributed by atoms with Gasteiger partial charge in [0.25, 0.3) is 5.09 Å². The van der Waals surface area contributed by atoms with Gasteiger partial charge < -0.3 is 9.39 Å². The Morgan fingerprint density at radius 2 is 1.91 bits per heavy atom. The van der Waals surface area contributed by atoms with E-state index in [1.807, 2.05) is 0 Å². The molecule has 0 rings (SSSR count). The van der Waals surface area contributed by atoms with Crippen molar-refractivity contribution in [2.75, 3.05) is 12.4 Å². The quantitative estimate of drug-likeness (QED) is 0.193. The van der Waals surface area contributed by atoms with Crippen molar-refractivity contribution in [3.63, 3.8) is 0 Å². The van der Waals surface area contributed by atoms with Crippen LogP contribution < -0.4 is 29.6 Å². The maximum atomic E-state index is 9.75. The average molecular weight is 193 g/mol. The van der Waals surface area contributed by atoms with Gasteiger partial charge in [0.15, 0.2) is 0 Å². The van der Waals surface area contributed by atoms with Gasteiger partial charge in [-0.1, -0.05) is 0 Å². The van der Waals surface area contributed by atoms with Gasteiger partial charge >= 0.3 is 29.6 Å². The molecular weight excluding hydrogens is 189 g/mol. The first-order chi connectivity index (χ1) is 4.42. The molecule has 0 saturated carbocycles. The van der Waals surface area contributed by atoms with Crippen molar-refractivity contribution in [1.29, 1.82) is 0 Å². The summed E-state index contributed by atoms with van der Waals surface area (Å²) >= 11 is 0. The van der Waals surface area contributed by atoms with Gasteiger partial charge in [-0.3, -0.25) is 0 Å². The molecule has 7 nitrogen and oxygen atoms in total. The van der Waals surface area contributed by atoms with Crippen LogP contribution in [-0.4, -0.2) is 30.4 Å². The van der Waals surface area contributed by atoms with E-state index in [0.717, 1.165) is 0 Å². The van der Waals surface area contributed by atoms with Crippen molar-refractivity contribution in [3.8, 4) is 0 Å². The van der Waals surface area contributed by atoms with E-state index in [4.69, 9.17) is 0 Å². The molecule has 11 heavy (non-hydrogen) atoms. The topological polar surface area (TPSA) is 110 Å². The molecule has 0 heterocycles. The predicted molar refractivity (Wildman–Crippen MR) is 27.5 cm³/mol. The Labute approximate surface area is 84.9 Å². The van der Waals surface area contributed by atoms with Gasteiger partial charge in [0.05, 0.1) is 15.9 Å². The molecule has 0 aliphatic carbocycles. The molecule has 0 aliphatic rings. The Hall–Kier alpha value is 0.110. The van der Waals surface area contributed by atoms with Crippen LogP contribution in [0.3, 0.4) is 0 Å². The summed E-state index contributed by atoms with van der Waals surface area (Å²) in [5.74, 6) is -0.881. The minimum Gasteiger partial charge on any atom is -0.748 e. The summed E-state index contributed by atoms with van der Waals surface area (Å²) in [6.07, 6.45) is 0. The molecule has 0 atom stereocenters. The average Bonchev–Trinajstić information content (AvgIpc) is 1.59. The van der Waals surface area contributed by atoms with E-state index in [-0.39, 0.29) is 29.6 Å². The summed E-state index contributed by atoms with van der Waals surface area (Å²) in [4.78, 5) is 12.9. The molecule has 0 unspecified atom stereocenters. The first-order valence-corrected chi connectivity index (χ1v) is 3.70. The molecule has 9 heteroatoms. The van der Waals surface area contributed by atoms with Gasteiger partial charge in [-0.15, -0.1) is 10.1 Å². The molecule has 0 aromatic rings. The van der Waals surface area contributed by atoms with Gasteiger partial charge in [0, 0.05) is 0 Å². The zero-order valence-corrected chi connectivity index (χ0v) is 8.54. The molecule has 0 bridgehead atoms. The van der Waals surface area contributed by atoms with Crippen molar-refractivity contribution >= 4 is 10.1 Å². The van der Waals surface area contributed by atoms with Crippen molar-refractivity contribution in [2.24, 2.45) is 0 Å². The Balaban J connectivity index is 0. The fourth-order valence-corrected chi connectivity index (χ4v) is 0.493. The number of hydrogen-bond donors (Lipinski definition) is 0. The maximum Gasteiger partial charge on any atom is 1.00 e. The molecule has 0 radical (unpaired) electrons. The third-order valence-corrected chi connectivity index (χ3v) is 1.20. The molecule has 0 aromatic carbocycles. The van der Waals surface area contributed by atoms with E-state index in [0.29, 0.717) is 0 Å². The molecule has 0 aromatic heterocycles. The Morgan fingerprint density at radius 1 is 1.45 bits per heavy atom. The summed E-state index contributed by atoms with van der Waals surface area (Å²) in [7, 11) is -4.40. The van der Waals surface area contributed by atoms with E-state index in [9.17, 15) is 23.1 Å². The summed E-state index contributed by atoms with van der Waals surface area (Å²) in [6, 6.07) is 0. The third-order valence-electron chi connectivity index (χ3n) is 0.530. The maximum absolute atomic E-state index is 9.75. The summed E-state index contributed by atoms with van der Waals surface area (Å²) in [5.41, 5.74) is 0. The third kappa shape index (κ3) is 13.2. The minimum absolute atomic E-state index is 0. The minimum atomic E-state index is -4.40. The van der Waals surface area contributed by atoms with Crippen LogP contribution in [-0.2, 0) is 15.0 Å². The molecule has 0 aliphatic heterocycles. The fraction of sp³-hybridized carbons (Fsp3) is 1.00. The van der Waals surface area contributed by atoms with E-state index in [1.165, 1.54) is 0 Å². The van der Waals surface area contributed by atoms with Gasteiger partial charge in [-0.25, -0.2) is 8.42 Å². The van der Waals surface area contributed by atoms with Gasteiger partial charge in [-0.05, 0) is 0 Å². The van der Waals surface area contributed by atoms with Crippen LogP contribution in [0.1, 0.15) is 0 Å². The second-order valence-electron chi connectivity index (χ2n) is 1.32. The first-order valence-electron chi connectivity index (χ1n) is 2.13. The Morgan fingerprint density at radius 3 is 2.18 bits per heavy atom. The van der Waals surface area contributed by atoms with Crippen LogP contribution in [0.5, 0.6) is 0 Å². The Kier molecular flexibility index (Phi) is 7.12. The van der Waals surface area contributed by atoms with Crippen molar-refractivity contribution in [3.05, 3.63) is 10.1 Å². The molecule has 0 fully saturated rings. The van der Waals surface area contributed by atoms with Crippen molar-refractivity contribution in [2.45, 2.75) is 0 Å². The van der Waals surface area contributed by atoms with Gasteiger partial charge in [0.1, 0.15) is 6.61 Å². The summed E-state index contributed by atoms with van der Waals surface area (Å²) in [6.45, 7) is -0.709. The first kappa shape index (κ1) is 13.7. The second-order valence-corrected chi connectivity index (χ2v) is 2.84. The largest absolute Gasteiger partial charge is 1.00 e. The zero-order valence-electron chi connectivity index (χ0n) is 5.72. The van der Waals surface area contributed by atoms with Gasteiger partial charge in [-0.2, -0.15) is 0 Å². The van der Waals surface area contributed by atoms with Crippen LogP contribution in [0.15, 0.2) is 0 Å².